The van der Waals surface area contributed by atoms with Crippen LogP contribution in [0, 0.1) is 0 Å². The predicted octanol–water partition coefficient (Wildman–Crippen LogP) is 3.81. The summed E-state index contributed by atoms with van der Waals surface area (Å²) in [5.41, 5.74) is 6.95. The van der Waals surface area contributed by atoms with Crippen molar-refractivity contribution in [1.82, 2.24) is 24.5 Å². The monoisotopic (exact) mass is 470 g/mol. The second-order valence-corrected chi connectivity index (χ2v) is 9.33. The number of hydrogen-bond acceptors (Lipinski definition) is 6. The third-order valence-electron chi connectivity index (χ3n) is 6.28. The molecule has 4 heterocycles. The first-order valence-electron chi connectivity index (χ1n) is 11.1. The Morgan fingerprint density at radius 3 is 2.56 bits per heavy atom. The standard InChI is InChI=1S/C24H25F3N6O/c1-23(2,34)17-5-3-4-14-6-8-18(29-20(14)17)22-31-30-19-9-7-15(12-33(19)22)21(24(25,26)27)32-11-10-16(28)13-32/h3-9,12,16,21,34H,10-11,13,28H2,1-2H3. The summed E-state index contributed by atoms with van der Waals surface area (Å²) in [6.45, 7) is 3.82. The number of likely N-dealkylation sites (tertiary alicyclic amines) is 1. The summed E-state index contributed by atoms with van der Waals surface area (Å²) in [5.74, 6) is 0.323. The van der Waals surface area contributed by atoms with Crippen molar-refractivity contribution in [2.24, 2.45) is 5.73 Å². The topological polar surface area (TPSA) is 92.6 Å². The van der Waals surface area contributed by atoms with Crippen LogP contribution in [0.1, 0.15) is 37.4 Å². The fraction of sp³-hybridized carbons (Fsp3) is 0.375. The van der Waals surface area contributed by atoms with E-state index in [1.807, 2.05) is 18.2 Å². The maximum atomic E-state index is 14.1. The van der Waals surface area contributed by atoms with Crippen LogP contribution in [0.25, 0.3) is 28.1 Å². The summed E-state index contributed by atoms with van der Waals surface area (Å²) in [4.78, 5) is 6.09. The molecule has 0 saturated carbocycles. The number of rotatable bonds is 4. The molecule has 2 unspecified atom stereocenters. The zero-order valence-electron chi connectivity index (χ0n) is 18.8. The van der Waals surface area contributed by atoms with Gasteiger partial charge in [-0.05, 0) is 38.0 Å². The summed E-state index contributed by atoms with van der Waals surface area (Å²) >= 11 is 0. The molecule has 1 saturated heterocycles. The Kier molecular flexibility index (Phi) is 5.34. The van der Waals surface area contributed by atoms with Crippen LogP contribution in [-0.2, 0) is 5.60 Å². The molecule has 7 nitrogen and oxygen atoms in total. The Morgan fingerprint density at radius 1 is 1.09 bits per heavy atom. The zero-order chi connectivity index (χ0) is 24.3. The Morgan fingerprint density at radius 2 is 1.88 bits per heavy atom. The van der Waals surface area contributed by atoms with Gasteiger partial charge in [-0.25, -0.2) is 4.98 Å². The third-order valence-corrected chi connectivity index (χ3v) is 6.28. The lowest BCUT2D eigenvalue weighted by molar-refractivity contribution is -0.183. The molecule has 2 atom stereocenters. The maximum Gasteiger partial charge on any atom is 0.408 e. The third kappa shape index (κ3) is 4.02. The van der Waals surface area contributed by atoms with Crippen LogP contribution >= 0.6 is 0 Å². The minimum atomic E-state index is -4.46. The SMILES string of the molecule is CC(C)(O)c1cccc2ccc(-c3nnc4ccc(C(N5CCC(N)C5)C(F)(F)F)cn34)nc12. The minimum absolute atomic E-state index is 0.0909. The highest BCUT2D eigenvalue weighted by Crippen LogP contribution is 2.39. The summed E-state index contributed by atoms with van der Waals surface area (Å²) in [7, 11) is 0. The van der Waals surface area contributed by atoms with Crippen molar-refractivity contribution in [3.05, 3.63) is 59.8 Å². The smallest absolute Gasteiger partial charge is 0.386 e. The maximum absolute atomic E-state index is 14.1. The summed E-state index contributed by atoms with van der Waals surface area (Å²) in [5, 5.41) is 19.8. The lowest BCUT2D eigenvalue weighted by Gasteiger charge is -2.30. The molecule has 10 heteroatoms. The molecule has 34 heavy (non-hydrogen) atoms. The molecule has 1 aliphatic heterocycles. The van der Waals surface area contributed by atoms with Crippen LogP contribution in [0.4, 0.5) is 13.2 Å². The average molecular weight is 470 g/mol. The average Bonchev–Trinajstić information content (AvgIpc) is 3.37. The number of aliphatic hydroxyl groups is 1. The molecule has 3 N–H and O–H groups in total. The van der Waals surface area contributed by atoms with E-state index in [2.05, 4.69) is 10.2 Å². The Bertz CT molecular complexity index is 1360. The highest BCUT2D eigenvalue weighted by atomic mass is 19.4. The van der Waals surface area contributed by atoms with Gasteiger partial charge in [0.1, 0.15) is 11.7 Å². The molecule has 5 rings (SSSR count). The second kappa shape index (κ2) is 8.00. The van der Waals surface area contributed by atoms with Crippen molar-refractivity contribution < 1.29 is 18.3 Å². The fourth-order valence-electron chi connectivity index (χ4n) is 4.67. The van der Waals surface area contributed by atoms with Gasteiger partial charge in [0.05, 0.1) is 11.1 Å². The molecule has 0 spiro atoms. The lowest BCUT2D eigenvalue weighted by Crippen LogP contribution is -2.38. The quantitative estimate of drug-likeness (QED) is 0.471. The van der Waals surface area contributed by atoms with E-state index in [-0.39, 0.29) is 24.7 Å². The number of nitrogens with two attached hydrogens (primary N) is 1. The number of halogens is 3. The number of fused-ring (bicyclic) bond motifs is 2. The van der Waals surface area contributed by atoms with E-state index in [0.29, 0.717) is 34.7 Å². The van der Waals surface area contributed by atoms with Gasteiger partial charge in [0.2, 0.25) is 0 Å². The number of alkyl halides is 3. The number of hydrogen-bond donors (Lipinski definition) is 2. The van der Waals surface area contributed by atoms with Crippen LogP contribution in [-0.4, -0.2) is 54.9 Å². The summed E-state index contributed by atoms with van der Waals surface area (Å²) in [6.07, 6.45) is -2.51. The number of aromatic nitrogens is 4. The molecule has 0 amide bonds. The van der Waals surface area contributed by atoms with Crippen LogP contribution in [0.3, 0.4) is 0 Å². The summed E-state index contributed by atoms with van der Waals surface area (Å²) < 4.78 is 43.9. The molecule has 178 valence electrons. The van der Waals surface area contributed by atoms with Gasteiger partial charge in [0.15, 0.2) is 11.5 Å². The highest BCUT2D eigenvalue weighted by molar-refractivity contribution is 5.84. The van der Waals surface area contributed by atoms with Gasteiger partial charge in [-0.1, -0.05) is 30.3 Å². The predicted molar refractivity (Wildman–Crippen MR) is 122 cm³/mol. The Balaban J connectivity index is 1.63. The van der Waals surface area contributed by atoms with E-state index in [1.165, 1.54) is 27.6 Å². The van der Waals surface area contributed by atoms with Gasteiger partial charge < -0.3 is 10.8 Å². The number of nitrogens with zero attached hydrogens (tertiary/aromatic N) is 5. The molecule has 0 bridgehead atoms. The number of pyridine rings is 2. The van der Waals surface area contributed by atoms with Crippen LogP contribution in [0.2, 0.25) is 0 Å². The molecule has 1 fully saturated rings. The molecule has 1 aromatic carbocycles. The first-order valence-corrected chi connectivity index (χ1v) is 11.1. The van der Waals surface area contributed by atoms with Crippen molar-refractivity contribution in [3.8, 4) is 11.5 Å². The minimum Gasteiger partial charge on any atom is -0.386 e. The zero-order valence-corrected chi connectivity index (χ0v) is 18.8. The van der Waals surface area contributed by atoms with E-state index in [1.54, 1.807) is 26.0 Å². The van der Waals surface area contributed by atoms with Crippen LogP contribution < -0.4 is 5.73 Å². The first kappa shape index (κ1) is 22.7. The van der Waals surface area contributed by atoms with Gasteiger partial charge in [0.25, 0.3) is 0 Å². The molecule has 4 aromatic rings. The Hall–Kier alpha value is -3.08. The van der Waals surface area contributed by atoms with Crippen molar-refractivity contribution in [3.63, 3.8) is 0 Å². The molecule has 3 aromatic heterocycles. The molecule has 0 aliphatic carbocycles. The van der Waals surface area contributed by atoms with E-state index in [4.69, 9.17) is 10.7 Å². The number of benzene rings is 1. The van der Waals surface area contributed by atoms with E-state index < -0.39 is 17.8 Å². The first-order chi connectivity index (χ1) is 16.0. The van der Waals surface area contributed by atoms with Gasteiger partial charge in [-0.2, -0.15) is 13.2 Å². The van der Waals surface area contributed by atoms with Crippen LogP contribution in [0.5, 0.6) is 0 Å². The number of para-hydroxylation sites is 1. The summed E-state index contributed by atoms with van der Waals surface area (Å²) in [6, 6.07) is 10.1. The molecule has 1 aliphatic rings. The van der Waals surface area contributed by atoms with Gasteiger partial charge in [0, 0.05) is 36.3 Å². The van der Waals surface area contributed by atoms with Crippen molar-refractivity contribution in [2.75, 3.05) is 13.1 Å². The van der Waals surface area contributed by atoms with Gasteiger partial charge >= 0.3 is 6.18 Å². The molecular weight excluding hydrogens is 445 g/mol. The highest BCUT2D eigenvalue weighted by Gasteiger charge is 2.46. The van der Waals surface area contributed by atoms with Crippen molar-refractivity contribution in [2.45, 2.75) is 44.1 Å². The fourth-order valence-corrected chi connectivity index (χ4v) is 4.67. The normalized spacial score (nSPS) is 18.7. The lowest BCUT2D eigenvalue weighted by atomic mass is 9.95. The molecular formula is C24H25F3N6O. The largest absolute Gasteiger partial charge is 0.408 e. The Labute approximate surface area is 194 Å². The second-order valence-electron chi connectivity index (χ2n) is 9.33. The van der Waals surface area contributed by atoms with Crippen LogP contribution in [0.15, 0.2) is 48.7 Å². The van der Waals surface area contributed by atoms with Gasteiger partial charge in [-0.3, -0.25) is 9.30 Å². The van der Waals surface area contributed by atoms with Crippen molar-refractivity contribution >= 4 is 16.6 Å². The molecule has 0 radical (unpaired) electrons. The van der Waals surface area contributed by atoms with E-state index >= 15 is 0 Å². The van der Waals surface area contributed by atoms with E-state index in [0.717, 1.165) is 5.39 Å². The van der Waals surface area contributed by atoms with Crippen molar-refractivity contribution in [1.29, 1.82) is 0 Å². The van der Waals surface area contributed by atoms with Gasteiger partial charge in [-0.15, -0.1) is 10.2 Å². The van der Waals surface area contributed by atoms with E-state index in [9.17, 15) is 18.3 Å².